The highest BCUT2D eigenvalue weighted by atomic mass is 35.5. The van der Waals surface area contributed by atoms with E-state index in [1.807, 2.05) is 0 Å². The zero-order valence-corrected chi connectivity index (χ0v) is 16.0. The molecule has 4 heteroatoms. The highest BCUT2D eigenvalue weighted by molar-refractivity contribution is 5.85. The summed E-state index contributed by atoms with van der Waals surface area (Å²) in [6.07, 6.45) is 13.1. The summed E-state index contributed by atoms with van der Waals surface area (Å²) < 4.78 is 6.19. The van der Waals surface area contributed by atoms with E-state index in [9.17, 15) is 4.79 Å². The number of esters is 1. The summed E-state index contributed by atoms with van der Waals surface area (Å²) in [4.78, 5) is 14.7. The van der Waals surface area contributed by atoms with Crippen molar-refractivity contribution in [3.8, 4) is 0 Å². The molecule has 0 radical (unpaired) electrons. The Morgan fingerprint density at radius 3 is 2.13 bits per heavy atom. The molecule has 2 saturated carbocycles. The number of hydrogen-bond donors (Lipinski definition) is 0. The van der Waals surface area contributed by atoms with Gasteiger partial charge in [0.25, 0.3) is 0 Å². The lowest BCUT2D eigenvalue weighted by Gasteiger charge is -2.44. The molecule has 2 rings (SSSR count). The largest absolute Gasteiger partial charge is 0.459 e. The number of carbonyl (C=O) groups is 1. The molecule has 0 spiro atoms. The van der Waals surface area contributed by atoms with E-state index in [4.69, 9.17) is 4.74 Å². The molecule has 2 fully saturated rings. The minimum atomic E-state index is -0.112. The SMILES string of the molecule is CCN(CC)CCC(=O)OC1(C2CCCCC2)CCCCC1.Cl. The second-order valence-electron chi connectivity index (χ2n) is 7.21. The molecule has 0 aromatic carbocycles. The van der Waals surface area contributed by atoms with Crippen molar-refractivity contribution in [3.05, 3.63) is 0 Å². The molecule has 23 heavy (non-hydrogen) atoms. The average Bonchev–Trinajstić information content (AvgIpc) is 2.57. The van der Waals surface area contributed by atoms with Gasteiger partial charge in [0.15, 0.2) is 0 Å². The summed E-state index contributed by atoms with van der Waals surface area (Å²) in [5.74, 6) is 0.665. The molecule has 0 aromatic heterocycles. The molecule has 3 nitrogen and oxygen atoms in total. The first kappa shape index (κ1) is 20.8. The number of nitrogens with zero attached hydrogens (tertiary/aromatic N) is 1. The molecule has 2 aliphatic carbocycles. The molecule has 0 aromatic rings. The van der Waals surface area contributed by atoms with E-state index in [-0.39, 0.29) is 24.0 Å². The van der Waals surface area contributed by atoms with Gasteiger partial charge in [0.05, 0.1) is 6.42 Å². The van der Waals surface area contributed by atoms with E-state index in [1.165, 1.54) is 51.4 Å². The average molecular weight is 346 g/mol. The molecular weight excluding hydrogens is 310 g/mol. The van der Waals surface area contributed by atoms with Gasteiger partial charge in [-0.25, -0.2) is 0 Å². The van der Waals surface area contributed by atoms with Crippen molar-refractivity contribution in [3.63, 3.8) is 0 Å². The van der Waals surface area contributed by atoms with Crippen LogP contribution in [0, 0.1) is 5.92 Å². The Balaban J connectivity index is 0.00000264. The van der Waals surface area contributed by atoms with Crippen molar-refractivity contribution < 1.29 is 9.53 Å². The van der Waals surface area contributed by atoms with Crippen molar-refractivity contribution in [1.82, 2.24) is 4.90 Å². The molecule has 0 N–H and O–H groups in total. The Morgan fingerprint density at radius 2 is 1.57 bits per heavy atom. The van der Waals surface area contributed by atoms with E-state index in [0.29, 0.717) is 12.3 Å². The van der Waals surface area contributed by atoms with Crippen molar-refractivity contribution in [2.75, 3.05) is 19.6 Å². The molecule has 0 bridgehead atoms. The lowest BCUT2D eigenvalue weighted by molar-refractivity contribution is -0.173. The number of ether oxygens (including phenoxy) is 1. The van der Waals surface area contributed by atoms with Crippen LogP contribution < -0.4 is 0 Å². The summed E-state index contributed by atoms with van der Waals surface area (Å²) in [5, 5.41) is 0. The molecular formula is C19H36ClNO2. The first-order valence-corrected chi connectivity index (χ1v) is 9.64. The molecule has 0 heterocycles. The highest BCUT2D eigenvalue weighted by Crippen LogP contribution is 2.44. The van der Waals surface area contributed by atoms with Crippen molar-refractivity contribution in [1.29, 1.82) is 0 Å². The van der Waals surface area contributed by atoms with E-state index in [0.717, 1.165) is 32.5 Å². The maximum Gasteiger partial charge on any atom is 0.307 e. The van der Waals surface area contributed by atoms with E-state index < -0.39 is 0 Å². The first-order chi connectivity index (χ1) is 10.7. The van der Waals surface area contributed by atoms with Gasteiger partial charge < -0.3 is 9.64 Å². The monoisotopic (exact) mass is 345 g/mol. The molecule has 0 aliphatic heterocycles. The second kappa shape index (κ2) is 10.6. The normalized spacial score (nSPS) is 21.7. The van der Waals surface area contributed by atoms with Gasteiger partial charge in [0, 0.05) is 6.54 Å². The van der Waals surface area contributed by atoms with Crippen LogP contribution in [-0.4, -0.2) is 36.1 Å². The standard InChI is InChI=1S/C19H35NO2.ClH/c1-3-20(4-2)16-13-18(21)22-19(14-9-6-10-15-19)17-11-7-5-8-12-17;/h17H,3-16H2,1-2H3;1H. The van der Waals surface area contributed by atoms with Crippen LogP contribution in [0.15, 0.2) is 0 Å². The molecule has 0 amide bonds. The van der Waals surface area contributed by atoms with Gasteiger partial charge in [0.1, 0.15) is 5.60 Å². The Bertz CT molecular complexity index is 332. The Hall–Kier alpha value is -0.280. The predicted octanol–water partition coefficient (Wildman–Crippen LogP) is 4.97. The summed E-state index contributed by atoms with van der Waals surface area (Å²) in [5.41, 5.74) is -0.112. The highest BCUT2D eigenvalue weighted by Gasteiger charge is 2.43. The minimum Gasteiger partial charge on any atom is -0.459 e. The number of hydrogen-bond acceptors (Lipinski definition) is 3. The quantitative estimate of drug-likeness (QED) is 0.610. The number of halogens is 1. The van der Waals surface area contributed by atoms with Crippen LogP contribution in [0.2, 0.25) is 0 Å². The molecule has 136 valence electrons. The van der Waals surface area contributed by atoms with Crippen LogP contribution in [0.3, 0.4) is 0 Å². The lowest BCUT2D eigenvalue weighted by Crippen LogP contribution is -2.45. The first-order valence-electron chi connectivity index (χ1n) is 9.64. The van der Waals surface area contributed by atoms with E-state index >= 15 is 0 Å². The Morgan fingerprint density at radius 1 is 1.00 bits per heavy atom. The van der Waals surface area contributed by atoms with Crippen LogP contribution in [0.5, 0.6) is 0 Å². The van der Waals surface area contributed by atoms with Crippen LogP contribution in [0.1, 0.15) is 84.5 Å². The topological polar surface area (TPSA) is 29.5 Å². The molecule has 0 saturated heterocycles. The van der Waals surface area contributed by atoms with Gasteiger partial charge in [-0.3, -0.25) is 4.79 Å². The van der Waals surface area contributed by atoms with Crippen molar-refractivity contribution in [2.45, 2.75) is 90.1 Å². The van der Waals surface area contributed by atoms with Gasteiger partial charge in [-0.15, -0.1) is 12.4 Å². The fraction of sp³-hybridized carbons (Fsp3) is 0.947. The summed E-state index contributed by atoms with van der Waals surface area (Å²) in [6, 6.07) is 0. The second-order valence-corrected chi connectivity index (χ2v) is 7.21. The minimum absolute atomic E-state index is 0. The third kappa shape index (κ3) is 5.94. The van der Waals surface area contributed by atoms with Gasteiger partial charge in [-0.05, 0) is 57.5 Å². The zero-order chi connectivity index (χ0) is 15.8. The van der Waals surface area contributed by atoms with Gasteiger partial charge in [-0.1, -0.05) is 39.5 Å². The van der Waals surface area contributed by atoms with Gasteiger partial charge >= 0.3 is 5.97 Å². The third-order valence-corrected chi connectivity index (χ3v) is 5.89. The maximum atomic E-state index is 12.4. The molecule has 0 atom stereocenters. The zero-order valence-electron chi connectivity index (χ0n) is 15.1. The van der Waals surface area contributed by atoms with Crippen molar-refractivity contribution >= 4 is 18.4 Å². The van der Waals surface area contributed by atoms with Gasteiger partial charge in [0.2, 0.25) is 0 Å². The molecule has 0 unspecified atom stereocenters. The third-order valence-electron chi connectivity index (χ3n) is 5.89. The van der Waals surface area contributed by atoms with Crippen LogP contribution in [-0.2, 0) is 9.53 Å². The Labute approximate surface area is 148 Å². The lowest BCUT2D eigenvalue weighted by atomic mass is 9.69. The van der Waals surface area contributed by atoms with E-state index in [2.05, 4.69) is 18.7 Å². The fourth-order valence-corrected chi connectivity index (χ4v) is 4.44. The van der Waals surface area contributed by atoms with Crippen LogP contribution in [0.4, 0.5) is 0 Å². The Kier molecular flexibility index (Phi) is 9.53. The van der Waals surface area contributed by atoms with Crippen LogP contribution in [0.25, 0.3) is 0 Å². The summed E-state index contributed by atoms with van der Waals surface area (Å²) >= 11 is 0. The fourth-order valence-electron chi connectivity index (χ4n) is 4.44. The van der Waals surface area contributed by atoms with Crippen molar-refractivity contribution in [2.24, 2.45) is 5.92 Å². The summed E-state index contributed by atoms with van der Waals surface area (Å²) in [7, 11) is 0. The predicted molar refractivity (Wildman–Crippen MR) is 98.1 cm³/mol. The van der Waals surface area contributed by atoms with E-state index in [1.54, 1.807) is 0 Å². The van der Waals surface area contributed by atoms with Crippen LogP contribution >= 0.6 is 12.4 Å². The maximum absolute atomic E-state index is 12.4. The number of carbonyl (C=O) groups excluding carboxylic acids is 1. The summed E-state index contributed by atoms with van der Waals surface area (Å²) in [6.45, 7) is 7.17. The molecule has 2 aliphatic rings. The van der Waals surface area contributed by atoms with Gasteiger partial charge in [-0.2, -0.15) is 0 Å². The number of rotatable bonds is 7. The smallest absolute Gasteiger partial charge is 0.307 e.